The van der Waals surface area contributed by atoms with E-state index in [1.54, 1.807) is 33.2 Å². The Labute approximate surface area is 143 Å². The number of hydrogen-bond donors (Lipinski definition) is 1. The summed E-state index contributed by atoms with van der Waals surface area (Å²) in [5.74, 6) is 0. The van der Waals surface area contributed by atoms with Crippen LogP contribution in [0.3, 0.4) is 0 Å². The van der Waals surface area contributed by atoms with Crippen LogP contribution in [0.5, 0.6) is 0 Å². The minimum absolute atomic E-state index is 0.168. The zero-order valence-electron chi connectivity index (χ0n) is 13.9. The number of nitrogens with one attached hydrogen (secondary N) is 1. The SMILES string of the molecule is COCCCNC1C(C)=C(C)S(=O)(=O)N(C)c2cc(Cl)ccc21. The topological polar surface area (TPSA) is 58.6 Å². The molecule has 0 radical (unpaired) electrons. The van der Waals surface area contributed by atoms with Crippen LogP contribution >= 0.6 is 11.6 Å². The molecule has 0 saturated heterocycles. The molecular weight excluding hydrogens is 336 g/mol. The molecule has 1 atom stereocenters. The minimum atomic E-state index is -3.53. The van der Waals surface area contributed by atoms with E-state index in [-0.39, 0.29) is 6.04 Å². The first kappa shape index (κ1) is 18.3. The molecule has 0 fully saturated rings. The zero-order valence-corrected chi connectivity index (χ0v) is 15.5. The van der Waals surface area contributed by atoms with Gasteiger partial charge in [0, 0.05) is 25.8 Å². The zero-order chi connectivity index (χ0) is 17.2. The van der Waals surface area contributed by atoms with Crippen molar-refractivity contribution in [3.8, 4) is 0 Å². The van der Waals surface area contributed by atoms with Gasteiger partial charge in [0.1, 0.15) is 0 Å². The first-order valence-corrected chi connectivity index (χ1v) is 9.30. The van der Waals surface area contributed by atoms with Crippen LogP contribution in [0, 0.1) is 0 Å². The standard InChI is InChI=1S/C16H23ClN2O3S/c1-11-12(2)23(20,21)19(3)15-10-13(17)6-7-14(15)16(11)18-8-5-9-22-4/h6-7,10,16,18H,5,8-9H2,1-4H3. The summed E-state index contributed by atoms with van der Waals surface area (Å²) in [4.78, 5) is 0.372. The number of nitrogens with zero attached hydrogens (tertiary/aromatic N) is 1. The number of fused-ring (bicyclic) bond motifs is 1. The third kappa shape index (κ3) is 3.55. The number of halogens is 1. The van der Waals surface area contributed by atoms with Crippen LogP contribution in [-0.2, 0) is 14.8 Å². The first-order valence-electron chi connectivity index (χ1n) is 7.48. The van der Waals surface area contributed by atoms with Gasteiger partial charge in [0.05, 0.1) is 16.6 Å². The highest BCUT2D eigenvalue weighted by Crippen LogP contribution is 2.39. The normalized spacial score (nSPS) is 20.4. The Hall–Kier alpha value is -1.08. The van der Waals surface area contributed by atoms with Crippen LogP contribution in [0.2, 0.25) is 5.02 Å². The van der Waals surface area contributed by atoms with Crippen LogP contribution in [0.15, 0.2) is 28.7 Å². The number of rotatable bonds is 5. The number of anilines is 1. The quantitative estimate of drug-likeness (QED) is 0.822. The van der Waals surface area contributed by atoms with Crippen LogP contribution in [0.25, 0.3) is 0 Å². The van der Waals surface area contributed by atoms with Gasteiger partial charge in [0.15, 0.2) is 0 Å². The average Bonchev–Trinajstić information content (AvgIpc) is 2.57. The van der Waals surface area contributed by atoms with Crippen molar-refractivity contribution in [2.45, 2.75) is 26.3 Å². The van der Waals surface area contributed by atoms with Crippen molar-refractivity contribution < 1.29 is 13.2 Å². The summed E-state index contributed by atoms with van der Waals surface area (Å²) < 4.78 is 31.8. The van der Waals surface area contributed by atoms with Gasteiger partial charge in [0.25, 0.3) is 10.0 Å². The lowest BCUT2D eigenvalue weighted by atomic mass is 9.97. The van der Waals surface area contributed by atoms with E-state index in [1.165, 1.54) is 4.31 Å². The molecule has 0 aliphatic carbocycles. The summed E-state index contributed by atoms with van der Waals surface area (Å²) in [6.45, 7) is 4.90. The molecule has 0 amide bonds. The van der Waals surface area contributed by atoms with Crippen molar-refractivity contribution >= 4 is 27.3 Å². The fraction of sp³-hybridized carbons (Fsp3) is 0.500. The smallest absolute Gasteiger partial charge is 0.259 e. The van der Waals surface area contributed by atoms with Crippen molar-refractivity contribution in [3.63, 3.8) is 0 Å². The highest BCUT2D eigenvalue weighted by Gasteiger charge is 2.33. The molecule has 1 aromatic carbocycles. The fourth-order valence-electron chi connectivity index (χ4n) is 2.73. The Balaban J connectivity index is 2.50. The Morgan fingerprint density at radius 1 is 1.35 bits per heavy atom. The van der Waals surface area contributed by atoms with Gasteiger partial charge in [-0.25, -0.2) is 8.42 Å². The Kier molecular flexibility index (Phi) is 5.73. The summed E-state index contributed by atoms with van der Waals surface area (Å²) in [7, 11) is -0.304. The van der Waals surface area contributed by atoms with E-state index in [9.17, 15) is 8.42 Å². The third-order valence-electron chi connectivity index (χ3n) is 4.25. The van der Waals surface area contributed by atoms with Crippen LogP contribution in [0.4, 0.5) is 5.69 Å². The second-order valence-corrected chi connectivity index (χ2v) is 8.20. The van der Waals surface area contributed by atoms with Crippen LogP contribution in [0.1, 0.15) is 31.9 Å². The van der Waals surface area contributed by atoms with E-state index in [0.717, 1.165) is 24.1 Å². The van der Waals surface area contributed by atoms with Gasteiger partial charge >= 0.3 is 0 Å². The lowest BCUT2D eigenvalue weighted by molar-refractivity contribution is 0.193. The first-order chi connectivity index (χ1) is 10.8. The summed E-state index contributed by atoms with van der Waals surface area (Å²) in [5, 5.41) is 3.95. The monoisotopic (exact) mass is 358 g/mol. The van der Waals surface area contributed by atoms with E-state index in [0.29, 0.717) is 22.2 Å². The molecular formula is C16H23ClN2O3S. The molecule has 1 aliphatic heterocycles. The van der Waals surface area contributed by atoms with Gasteiger partial charge in [-0.15, -0.1) is 0 Å². The summed E-state index contributed by atoms with van der Waals surface area (Å²) in [6, 6.07) is 5.21. The van der Waals surface area contributed by atoms with E-state index in [2.05, 4.69) is 5.32 Å². The highest BCUT2D eigenvalue weighted by atomic mass is 35.5. The highest BCUT2D eigenvalue weighted by molar-refractivity contribution is 7.96. The molecule has 0 spiro atoms. The fourth-order valence-corrected chi connectivity index (χ4v) is 4.25. The molecule has 0 bridgehead atoms. The van der Waals surface area contributed by atoms with Crippen LogP contribution in [-0.4, -0.2) is 35.7 Å². The predicted octanol–water partition coefficient (Wildman–Crippen LogP) is 3.08. The lowest BCUT2D eigenvalue weighted by Gasteiger charge is -2.23. The van der Waals surface area contributed by atoms with Gasteiger partial charge in [0.2, 0.25) is 0 Å². The summed E-state index contributed by atoms with van der Waals surface area (Å²) in [6.07, 6.45) is 0.852. The minimum Gasteiger partial charge on any atom is -0.385 e. The molecule has 23 heavy (non-hydrogen) atoms. The molecule has 1 heterocycles. The van der Waals surface area contributed by atoms with Gasteiger partial charge < -0.3 is 10.1 Å². The van der Waals surface area contributed by atoms with Crippen LogP contribution < -0.4 is 9.62 Å². The van der Waals surface area contributed by atoms with Crippen molar-refractivity contribution in [1.29, 1.82) is 0 Å². The van der Waals surface area contributed by atoms with E-state index < -0.39 is 10.0 Å². The third-order valence-corrected chi connectivity index (χ3v) is 6.50. The number of benzene rings is 1. The Bertz CT molecular complexity index is 716. The van der Waals surface area contributed by atoms with E-state index in [4.69, 9.17) is 16.3 Å². The summed E-state index contributed by atoms with van der Waals surface area (Å²) >= 11 is 6.08. The second kappa shape index (κ2) is 7.21. The largest absolute Gasteiger partial charge is 0.385 e. The molecule has 7 heteroatoms. The Morgan fingerprint density at radius 3 is 2.70 bits per heavy atom. The van der Waals surface area contributed by atoms with E-state index in [1.807, 2.05) is 13.0 Å². The van der Waals surface area contributed by atoms with Crippen molar-refractivity contribution in [2.24, 2.45) is 0 Å². The number of methoxy groups -OCH3 is 1. The van der Waals surface area contributed by atoms with Gasteiger partial charge in [-0.3, -0.25) is 4.31 Å². The molecule has 128 valence electrons. The summed E-state index contributed by atoms with van der Waals surface area (Å²) in [5.41, 5.74) is 2.32. The molecule has 0 saturated carbocycles. The Morgan fingerprint density at radius 2 is 2.04 bits per heavy atom. The van der Waals surface area contributed by atoms with Crippen molar-refractivity contribution in [1.82, 2.24) is 5.32 Å². The predicted molar refractivity (Wildman–Crippen MR) is 94.4 cm³/mol. The lowest BCUT2D eigenvalue weighted by Crippen LogP contribution is -2.27. The molecule has 2 rings (SSSR count). The number of sulfonamides is 1. The van der Waals surface area contributed by atoms with Gasteiger partial charge in [-0.05, 0) is 50.1 Å². The maximum atomic E-state index is 12.7. The molecule has 1 aromatic rings. The van der Waals surface area contributed by atoms with Gasteiger partial charge in [-0.2, -0.15) is 0 Å². The van der Waals surface area contributed by atoms with Gasteiger partial charge in [-0.1, -0.05) is 17.7 Å². The molecule has 0 aromatic heterocycles. The van der Waals surface area contributed by atoms with Crippen molar-refractivity contribution in [3.05, 3.63) is 39.3 Å². The van der Waals surface area contributed by atoms with E-state index >= 15 is 0 Å². The second-order valence-electron chi connectivity index (χ2n) is 5.65. The molecule has 1 unspecified atom stereocenters. The van der Waals surface area contributed by atoms with Crippen molar-refractivity contribution in [2.75, 3.05) is 31.6 Å². The molecule has 5 nitrogen and oxygen atoms in total. The molecule has 1 N–H and O–H groups in total. The molecule has 1 aliphatic rings. The maximum absolute atomic E-state index is 12.7. The average molecular weight is 359 g/mol. The number of ether oxygens (including phenoxy) is 1. The maximum Gasteiger partial charge on any atom is 0.259 e. The number of allylic oxidation sites excluding steroid dienone is 1. The number of hydrogen-bond acceptors (Lipinski definition) is 4.